The van der Waals surface area contributed by atoms with Gasteiger partial charge >= 0.3 is 0 Å². The van der Waals surface area contributed by atoms with Crippen molar-refractivity contribution in [1.82, 2.24) is 15.2 Å². The van der Waals surface area contributed by atoms with E-state index in [4.69, 9.17) is 4.42 Å². The van der Waals surface area contributed by atoms with Gasteiger partial charge in [-0.1, -0.05) is 0 Å². The number of carbonyl (C=O) groups excluding carboxylic acids is 2. The van der Waals surface area contributed by atoms with Crippen molar-refractivity contribution >= 4 is 11.8 Å². The molecule has 92 valence electrons. The van der Waals surface area contributed by atoms with Crippen molar-refractivity contribution in [2.75, 3.05) is 13.1 Å². The molecule has 2 heterocycles. The molecule has 0 saturated carbocycles. The molecule has 1 N–H and O–H groups in total. The van der Waals surface area contributed by atoms with Gasteiger partial charge in [0.05, 0.1) is 18.8 Å². The lowest BCUT2D eigenvalue weighted by atomic mass is 10.3. The molecule has 0 unspecified atom stereocenters. The van der Waals surface area contributed by atoms with E-state index in [-0.39, 0.29) is 18.4 Å². The minimum absolute atomic E-state index is 0.0531. The molecule has 2 rings (SSSR count). The fourth-order valence-corrected chi connectivity index (χ4v) is 1.67. The molecule has 1 fully saturated rings. The first-order valence-electron chi connectivity index (χ1n) is 5.53. The van der Waals surface area contributed by atoms with Crippen LogP contribution >= 0.6 is 0 Å². The van der Waals surface area contributed by atoms with E-state index in [9.17, 15) is 9.59 Å². The molecule has 0 radical (unpaired) electrons. The molecule has 17 heavy (non-hydrogen) atoms. The summed E-state index contributed by atoms with van der Waals surface area (Å²) in [7, 11) is 0. The zero-order valence-corrected chi connectivity index (χ0v) is 9.95. The van der Waals surface area contributed by atoms with Crippen LogP contribution in [0.25, 0.3) is 0 Å². The van der Waals surface area contributed by atoms with Crippen LogP contribution in [-0.2, 0) is 16.1 Å². The average molecular weight is 237 g/mol. The van der Waals surface area contributed by atoms with Crippen LogP contribution in [0.15, 0.2) is 4.42 Å². The summed E-state index contributed by atoms with van der Waals surface area (Å²) in [5, 5.41) is 2.55. The number of oxazole rings is 1. The maximum Gasteiger partial charge on any atom is 0.242 e. The third-order valence-corrected chi connectivity index (χ3v) is 2.80. The lowest BCUT2D eigenvalue weighted by Crippen LogP contribution is -2.34. The van der Waals surface area contributed by atoms with Crippen LogP contribution in [-0.4, -0.2) is 34.8 Å². The maximum absolute atomic E-state index is 11.7. The van der Waals surface area contributed by atoms with Crippen molar-refractivity contribution in [1.29, 1.82) is 0 Å². The Morgan fingerprint density at radius 3 is 2.82 bits per heavy atom. The molecule has 0 spiro atoms. The lowest BCUT2D eigenvalue weighted by molar-refractivity contribution is -0.130. The second kappa shape index (κ2) is 4.57. The van der Waals surface area contributed by atoms with Gasteiger partial charge in [-0.05, 0) is 13.8 Å². The smallest absolute Gasteiger partial charge is 0.242 e. The maximum atomic E-state index is 11.7. The Hall–Kier alpha value is -1.85. The Balaban J connectivity index is 2.06. The molecule has 6 heteroatoms. The highest BCUT2D eigenvalue weighted by Crippen LogP contribution is 2.11. The minimum atomic E-state index is -0.107. The van der Waals surface area contributed by atoms with E-state index in [2.05, 4.69) is 10.3 Å². The molecule has 0 aromatic carbocycles. The number of hydrogen-bond donors (Lipinski definition) is 1. The number of amides is 2. The fraction of sp³-hybridized carbons (Fsp3) is 0.545. The van der Waals surface area contributed by atoms with E-state index < -0.39 is 0 Å². The first-order valence-corrected chi connectivity index (χ1v) is 5.53. The number of nitrogens with zero attached hydrogens (tertiary/aromatic N) is 2. The Morgan fingerprint density at radius 1 is 1.41 bits per heavy atom. The highest BCUT2D eigenvalue weighted by atomic mass is 16.4. The molecule has 1 saturated heterocycles. The highest BCUT2D eigenvalue weighted by molar-refractivity contribution is 5.87. The molecule has 1 aromatic heterocycles. The van der Waals surface area contributed by atoms with Crippen molar-refractivity contribution in [2.45, 2.75) is 26.8 Å². The molecule has 1 aliphatic rings. The predicted octanol–water partition coefficient (Wildman–Crippen LogP) is 0.140. The van der Waals surface area contributed by atoms with Crippen molar-refractivity contribution in [2.24, 2.45) is 0 Å². The van der Waals surface area contributed by atoms with Crippen molar-refractivity contribution in [3.63, 3.8) is 0 Å². The Kier molecular flexibility index (Phi) is 3.12. The van der Waals surface area contributed by atoms with Crippen molar-refractivity contribution in [3.8, 4) is 0 Å². The van der Waals surface area contributed by atoms with Gasteiger partial charge in [-0.25, -0.2) is 4.98 Å². The van der Waals surface area contributed by atoms with Gasteiger partial charge in [0.15, 0.2) is 0 Å². The number of aromatic nitrogens is 1. The van der Waals surface area contributed by atoms with E-state index in [0.717, 1.165) is 11.5 Å². The van der Waals surface area contributed by atoms with E-state index in [0.29, 0.717) is 25.4 Å². The SMILES string of the molecule is Cc1nc(CN2CCC(=O)NCC2=O)oc1C. The van der Waals surface area contributed by atoms with Gasteiger partial charge in [-0.3, -0.25) is 9.59 Å². The van der Waals surface area contributed by atoms with Crippen LogP contribution in [0.3, 0.4) is 0 Å². The summed E-state index contributed by atoms with van der Waals surface area (Å²) in [5.74, 6) is 1.07. The molecule has 0 bridgehead atoms. The van der Waals surface area contributed by atoms with Gasteiger partial charge in [0, 0.05) is 13.0 Å². The molecule has 1 aromatic rings. The summed E-state index contributed by atoms with van der Waals surface area (Å²) in [6.07, 6.45) is 0.324. The van der Waals surface area contributed by atoms with Gasteiger partial charge in [0.1, 0.15) is 5.76 Å². The first-order chi connectivity index (χ1) is 8.06. The monoisotopic (exact) mass is 237 g/mol. The first kappa shape index (κ1) is 11.6. The van der Waals surface area contributed by atoms with Gasteiger partial charge < -0.3 is 14.6 Å². The lowest BCUT2D eigenvalue weighted by Gasteiger charge is -2.17. The summed E-state index contributed by atoms with van der Waals surface area (Å²) in [6, 6.07) is 0. The minimum Gasteiger partial charge on any atom is -0.444 e. The van der Waals surface area contributed by atoms with Crippen LogP contribution in [0.4, 0.5) is 0 Å². The van der Waals surface area contributed by atoms with Crippen molar-refractivity contribution in [3.05, 3.63) is 17.3 Å². The van der Waals surface area contributed by atoms with Crippen LogP contribution in [0.5, 0.6) is 0 Å². The second-order valence-corrected chi connectivity index (χ2v) is 4.09. The van der Waals surface area contributed by atoms with E-state index in [1.807, 2.05) is 13.8 Å². The third-order valence-electron chi connectivity index (χ3n) is 2.80. The third kappa shape index (κ3) is 2.64. The van der Waals surface area contributed by atoms with E-state index >= 15 is 0 Å². The van der Waals surface area contributed by atoms with E-state index in [1.54, 1.807) is 4.90 Å². The normalized spacial score (nSPS) is 16.9. The van der Waals surface area contributed by atoms with Gasteiger partial charge in [0.25, 0.3) is 0 Å². The Labute approximate surface area is 99.0 Å². The number of hydrogen-bond acceptors (Lipinski definition) is 4. The zero-order chi connectivity index (χ0) is 12.4. The number of aryl methyl sites for hydroxylation is 2. The Bertz CT molecular complexity index is 433. The summed E-state index contributed by atoms with van der Waals surface area (Å²) in [6.45, 7) is 4.48. The number of nitrogens with one attached hydrogen (secondary N) is 1. The van der Waals surface area contributed by atoms with Crippen LogP contribution in [0.2, 0.25) is 0 Å². The number of rotatable bonds is 2. The zero-order valence-electron chi connectivity index (χ0n) is 9.95. The standard InChI is InChI=1S/C11H15N3O3/c1-7-8(2)17-10(13-7)6-14-4-3-9(15)12-5-11(14)16/h3-6H2,1-2H3,(H,12,15). The highest BCUT2D eigenvalue weighted by Gasteiger charge is 2.21. The number of carbonyl (C=O) groups is 2. The van der Waals surface area contributed by atoms with Crippen LogP contribution < -0.4 is 5.32 Å². The predicted molar refractivity (Wildman–Crippen MR) is 59.0 cm³/mol. The molecule has 2 amide bonds. The summed E-state index contributed by atoms with van der Waals surface area (Å²) in [5.41, 5.74) is 0.830. The molecule has 0 aliphatic carbocycles. The quantitative estimate of drug-likeness (QED) is 0.793. The van der Waals surface area contributed by atoms with Crippen molar-refractivity contribution < 1.29 is 14.0 Å². The summed E-state index contributed by atoms with van der Waals surface area (Å²) in [4.78, 5) is 28.7. The fourth-order valence-electron chi connectivity index (χ4n) is 1.67. The van der Waals surface area contributed by atoms with Gasteiger partial charge in [-0.15, -0.1) is 0 Å². The largest absolute Gasteiger partial charge is 0.444 e. The van der Waals surface area contributed by atoms with Gasteiger partial charge in [-0.2, -0.15) is 0 Å². The second-order valence-electron chi connectivity index (χ2n) is 4.09. The molecule has 1 aliphatic heterocycles. The topological polar surface area (TPSA) is 75.4 Å². The molecule has 0 atom stereocenters. The van der Waals surface area contributed by atoms with Crippen LogP contribution in [0.1, 0.15) is 23.8 Å². The Morgan fingerprint density at radius 2 is 2.18 bits per heavy atom. The van der Waals surface area contributed by atoms with E-state index in [1.165, 1.54) is 0 Å². The van der Waals surface area contributed by atoms with Gasteiger partial charge in [0.2, 0.25) is 17.7 Å². The van der Waals surface area contributed by atoms with Crippen LogP contribution in [0, 0.1) is 13.8 Å². The average Bonchev–Trinajstić information content (AvgIpc) is 2.51. The summed E-state index contributed by atoms with van der Waals surface area (Å²) < 4.78 is 5.42. The summed E-state index contributed by atoms with van der Waals surface area (Å²) >= 11 is 0. The molecular weight excluding hydrogens is 222 g/mol. The molecule has 6 nitrogen and oxygen atoms in total. The molecular formula is C11H15N3O3.